The van der Waals surface area contributed by atoms with Crippen molar-refractivity contribution in [1.29, 1.82) is 0 Å². The summed E-state index contributed by atoms with van der Waals surface area (Å²) in [7, 11) is 0. The van der Waals surface area contributed by atoms with Crippen LogP contribution in [0.3, 0.4) is 0 Å². The Morgan fingerprint density at radius 3 is 2.92 bits per heavy atom. The number of fused-ring (bicyclic) bond motifs is 1. The normalized spacial score (nSPS) is 12.0. The molecule has 0 unspecified atom stereocenters. The van der Waals surface area contributed by atoms with Crippen molar-refractivity contribution >= 4 is 17.3 Å². The molecular weight excluding hydrogens is 298 g/mol. The van der Waals surface area contributed by atoms with Gasteiger partial charge in [-0.05, 0) is 35.7 Å². The molecule has 24 heavy (non-hydrogen) atoms. The van der Waals surface area contributed by atoms with Crippen molar-refractivity contribution in [2.45, 2.75) is 26.2 Å². The lowest BCUT2D eigenvalue weighted by atomic mass is 10.0. The van der Waals surface area contributed by atoms with Crippen LogP contribution in [0.2, 0.25) is 0 Å². The van der Waals surface area contributed by atoms with Crippen LogP contribution in [-0.4, -0.2) is 21.9 Å². The molecule has 2 aromatic heterocycles. The molecule has 2 heterocycles. The Morgan fingerprint density at radius 1 is 1.25 bits per heavy atom. The van der Waals surface area contributed by atoms with Crippen LogP contribution in [0.25, 0.3) is 5.65 Å². The third kappa shape index (κ3) is 3.93. The van der Waals surface area contributed by atoms with Gasteiger partial charge < -0.3 is 15.5 Å². The van der Waals surface area contributed by atoms with Gasteiger partial charge in [0, 0.05) is 31.0 Å². The zero-order valence-corrected chi connectivity index (χ0v) is 14.1. The number of imidazole rings is 1. The van der Waals surface area contributed by atoms with Crippen molar-refractivity contribution in [3.05, 3.63) is 66.1 Å². The molecule has 0 aliphatic carbocycles. The van der Waals surface area contributed by atoms with Gasteiger partial charge in [-0.3, -0.25) is 4.99 Å². The van der Waals surface area contributed by atoms with Crippen molar-refractivity contribution in [2.75, 3.05) is 11.9 Å². The van der Waals surface area contributed by atoms with Gasteiger partial charge in [0.15, 0.2) is 5.96 Å². The molecular formula is C19H23N5. The summed E-state index contributed by atoms with van der Waals surface area (Å²) in [5, 5.41) is 3.15. The van der Waals surface area contributed by atoms with E-state index in [-0.39, 0.29) is 0 Å². The molecule has 1 aromatic carbocycles. The summed E-state index contributed by atoms with van der Waals surface area (Å²) in [5.41, 5.74) is 10.2. The molecule has 0 bridgehead atoms. The highest BCUT2D eigenvalue weighted by molar-refractivity contribution is 5.92. The highest BCUT2D eigenvalue weighted by atomic mass is 15.1. The number of nitrogens with one attached hydrogen (secondary N) is 1. The Kier molecular flexibility index (Phi) is 4.79. The number of aliphatic imine (C=N–C) groups is 1. The predicted octanol–water partition coefficient (Wildman–Crippen LogP) is 3.43. The molecule has 3 rings (SSSR count). The molecule has 0 atom stereocenters. The summed E-state index contributed by atoms with van der Waals surface area (Å²) in [6.07, 6.45) is 4.78. The quantitative estimate of drug-likeness (QED) is 0.559. The van der Waals surface area contributed by atoms with E-state index in [1.165, 1.54) is 5.56 Å². The van der Waals surface area contributed by atoms with Crippen LogP contribution in [0.1, 0.15) is 31.0 Å². The summed E-state index contributed by atoms with van der Waals surface area (Å²) >= 11 is 0. The Morgan fingerprint density at radius 2 is 2.12 bits per heavy atom. The van der Waals surface area contributed by atoms with Gasteiger partial charge in [0.1, 0.15) is 5.65 Å². The smallest absolute Gasteiger partial charge is 0.193 e. The highest BCUT2D eigenvalue weighted by Crippen LogP contribution is 2.18. The van der Waals surface area contributed by atoms with E-state index in [0.29, 0.717) is 18.4 Å². The predicted molar refractivity (Wildman–Crippen MR) is 99.5 cm³/mol. The van der Waals surface area contributed by atoms with Crippen molar-refractivity contribution in [3.63, 3.8) is 0 Å². The first-order chi connectivity index (χ1) is 11.6. The molecule has 0 aliphatic rings. The molecule has 3 N–H and O–H groups in total. The van der Waals surface area contributed by atoms with Crippen LogP contribution in [0.5, 0.6) is 0 Å². The molecule has 0 aliphatic heterocycles. The number of nitrogens with two attached hydrogens (primary N) is 1. The number of aromatic nitrogens is 2. The summed E-state index contributed by atoms with van der Waals surface area (Å²) in [4.78, 5) is 8.95. The minimum Gasteiger partial charge on any atom is -0.370 e. The van der Waals surface area contributed by atoms with E-state index < -0.39 is 0 Å². The van der Waals surface area contributed by atoms with Crippen molar-refractivity contribution in [2.24, 2.45) is 10.7 Å². The van der Waals surface area contributed by atoms with E-state index in [1.54, 1.807) is 0 Å². The first kappa shape index (κ1) is 16.1. The maximum absolute atomic E-state index is 5.98. The maximum Gasteiger partial charge on any atom is 0.193 e. The van der Waals surface area contributed by atoms with Crippen molar-refractivity contribution in [3.8, 4) is 0 Å². The van der Waals surface area contributed by atoms with Crippen LogP contribution in [0.15, 0.2) is 59.9 Å². The Labute approximate surface area is 142 Å². The minimum absolute atomic E-state index is 0.430. The number of guanidine groups is 1. The molecule has 5 heteroatoms. The average Bonchev–Trinajstić information content (AvgIpc) is 2.97. The molecule has 0 saturated heterocycles. The molecule has 124 valence electrons. The van der Waals surface area contributed by atoms with Gasteiger partial charge in [-0.25, -0.2) is 4.98 Å². The number of hydrogen-bond donors (Lipinski definition) is 2. The first-order valence-corrected chi connectivity index (χ1v) is 8.21. The van der Waals surface area contributed by atoms with Gasteiger partial charge in [-0.1, -0.05) is 32.0 Å². The Bertz CT molecular complexity index is 815. The zero-order valence-electron chi connectivity index (χ0n) is 14.1. The molecule has 0 saturated carbocycles. The first-order valence-electron chi connectivity index (χ1n) is 8.21. The van der Waals surface area contributed by atoms with Gasteiger partial charge in [0.25, 0.3) is 0 Å². The standard InChI is InChI=1S/C19H23N5/c1-14(2)15-6-5-7-16(12-15)23-19(20)21-10-9-17-13-24-11-4-3-8-18(24)22-17/h3-8,11-14H,9-10H2,1-2H3,(H3,20,21,23). The number of benzene rings is 1. The van der Waals surface area contributed by atoms with Crippen LogP contribution < -0.4 is 11.1 Å². The van der Waals surface area contributed by atoms with Gasteiger partial charge in [0.2, 0.25) is 0 Å². The van der Waals surface area contributed by atoms with E-state index in [2.05, 4.69) is 41.3 Å². The number of pyridine rings is 1. The number of hydrogen-bond acceptors (Lipinski definition) is 2. The van der Waals surface area contributed by atoms with E-state index in [4.69, 9.17) is 5.73 Å². The average molecular weight is 321 g/mol. The number of rotatable bonds is 5. The lowest BCUT2D eigenvalue weighted by Crippen LogP contribution is -2.23. The van der Waals surface area contributed by atoms with Crippen LogP contribution >= 0.6 is 0 Å². The fourth-order valence-corrected chi connectivity index (χ4v) is 2.56. The fourth-order valence-electron chi connectivity index (χ4n) is 2.56. The summed E-state index contributed by atoms with van der Waals surface area (Å²) in [6.45, 7) is 4.95. The lowest BCUT2D eigenvalue weighted by Gasteiger charge is -2.09. The third-order valence-electron chi connectivity index (χ3n) is 3.89. The molecule has 5 nitrogen and oxygen atoms in total. The second-order valence-electron chi connectivity index (χ2n) is 6.12. The van der Waals surface area contributed by atoms with Crippen LogP contribution in [0, 0.1) is 0 Å². The second kappa shape index (κ2) is 7.17. The molecule has 0 radical (unpaired) electrons. The Balaban J connectivity index is 1.59. The van der Waals surface area contributed by atoms with Gasteiger partial charge >= 0.3 is 0 Å². The summed E-state index contributed by atoms with van der Waals surface area (Å²) in [5.74, 6) is 0.916. The third-order valence-corrected chi connectivity index (χ3v) is 3.89. The molecule has 3 aromatic rings. The van der Waals surface area contributed by atoms with Crippen molar-refractivity contribution < 1.29 is 0 Å². The zero-order chi connectivity index (χ0) is 16.9. The number of nitrogens with zero attached hydrogens (tertiary/aromatic N) is 3. The molecule has 0 spiro atoms. The van der Waals surface area contributed by atoms with Gasteiger partial charge in [0.05, 0.1) is 5.69 Å². The SMILES string of the molecule is CC(C)c1cccc(NC(N)=NCCc2cn3ccccc3n2)c1. The lowest BCUT2D eigenvalue weighted by molar-refractivity contribution is 0.867. The summed E-state index contributed by atoms with van der Waals surface area (Å²) in [6, 6.07) is 14.2. The van der Waals surface area contributed by atoms with E-state index in [1.807, 2.05) is 47.1 Å². The van der Waals surface area contributed by atoms with Crippen molar-refractivity contribution in [1.82, 2.24) is 9.38 Å². The monoisotopic (exact) mass is 321 g/mol. The van der Waals surface area contributed by atoms with Gasteiger partial charge in [-0.15, -0.1) is 0 Å². The highest BCUT2D eigenvalue weighted by Gasteiger charge is 2.02. The van der Waals surface area contributed by atoms with E-state index >= 15 is 0 Å². The van der Waals surface area contributed by atoms with E-state index in [9.17, 15) is 0 Å². The largest absolute Gasteiger partial charge is 0.370 e. The second-order valence-corrected chi connectivity index (χ2v) is 6.12. The minimum atomic E-state index is 0.430. The Hall–Kier alpha value is -2.82. The van der Waals surface area contributed by atoms with Crippen LogP contribution in [-0.2, 0) is 6.42 Å². The molecule has 0 amide bonds. The summed E-state index contributed by atoms with van der Waals surface area (Å²) < 4.78 is 2.01. The molecule has 0 fully saturated rings. The number of anilines is 1. The van der Waals surface area contributed by atoms with Crippen LogP contribution in [0.4, 0.5) is 5.69 Å². The van der Waals surface area contributed by atoms with Gasteiger partial charge in [-0.2, -0.15) is 0 Å². The topological polar surface area (TPSA) is 67.7 Å². The fraction of sp³-hybridized carbons (Fsp3) is 0.263. The maximum atomic E-state index is 5.98. The van der Waals surface area contributed by atoms with E-state index in [0.717, 1.165) is 23.4 Å².